The molecule has 15 heteroatoms. The highest BCUT2D eigenvalue weighted by Gasteiger charge is 2.25. The van der Waals surface area contributed by atoms with Gasteiger partial charge in [-0.25, -0.2) is 4.79 Å². The molecule has 0 fully saturated rings. The van der Waals surface area contributed by atoms with Crippen LogP contribution in [0.1, 0.15) is 31.2 Å². The van der Waals surface area contributed by atoms with Crippen molar-refractivity contribution in [2.45, 2.75) is 50.2 Å². The lowest BCUT2D eigenvalue weighted by Crippen LogP contribution is -2.50. The summed E-state index contributed by atoms with van der Waals surface area (Å²) in [4.78, 5) is 83.4. The van der Waals surface area contributed by atoms with Gasteiger partial charge in [-0.05, 0) is 12.0 Å². The minimum atomic E-state index is -1.23. The van der Waals surface area contributed by atoms with E-state index < -0.39 is 72.6 Å². The number of carboxylic acid groups (broad SMARTS) is 1. The smallest absolute Gasteiger partial charge is 0.328 e. The third-order valence-corrected chi connectivity index (χ3v) is 5.41. The summed E-state index contributed by atoms with van der Waals surface area (Å²) >= 11 is 0. The Morgan fingerprint density at radius 1 is 0.825 bits per heavy atom. The van der Waals surface area contributed by atoms with E-state index in [9.17, 15) is 33.6 Å². The molecular weight excluding hydrogens is 530 g/mol. The van der Waals surface area contributed by atoms with Gasteiger partial charge in [0, 0.05) is 25.8 Å². The average Bonchev–Trinajstić information content (AvgIpc) is 2.93. The number of rotatable bonds is 17. The summed E-state index contributed by atoms with van der Waals surface area (Å²) in [6, 6.07) is 5.40. The second-order valence-corrected chi connectivity index (χ2v) is 8.54. The number of aliphatic carboxylic acids is 1. The summed E-state index contributed by atoms with van der Waals surface area (Å²) in [5, 5.41) is 18.2. The molecule has 7 N–H and O–H groups in total. The third-order valence-electron chi connectivity index (χ3n) is 5.41. The van der Waals surface area contributed by atoms with Crippen molar-refractivity contribution in [3.63, 3.8) is 0 Å². The average molecular weight is 566 g/mol. The fraction of sp³-hybridized carbons (Fsp3) is 0.480. The summed E-state index contributed by atoms with van der Waals surface area (Å²) in [5.74, 6) is -5.33. The van der Waals surface area contributed by atoms with Gasteiger partial charge in [0.05, 0.1) is 20.6 Å². The van der Waals surface area contributed by atoms with Crippen molar-refractivity contribution in [1.82, 2.24) is 21.3 Å². The van der Waals surface area contributed by atoms with Crippen LogP contribution in [0.5, 0.6) is 0 Å². The Balaban J connectivity index is 2.70. The predicted molar refractivity (Wildman–Crippen MR) is 138 cm³/mol. The van der Waals surface area contributed by atoms with E-state index in [4.69, 9.17) is 10.8 Å². The van der Waals surface area contributed by atoms with Crippen LogP contribution >= 0.6 is 0 Å². The maximum Gasteiger partial charge on any atom is 0.328 e. The Bertz CT molecular complexity index is 1050. The molecule has 0 aromatic heterocycles. The summed E-state index contributed by atoms with van der Waals surface area (Å²) in [6.07, 6.45) is -0.924. The van der Waals surface area contributed by atoms with Crippen molar-refractivity contribution < 1.29 is 48.1 Å². The minimum Gasteiger partial charge on any atom is -0.480 e. The molecule has 4 amide bonds. The molecule has 0 radical (unpaired) electrons. The molecule has 0 saturated carbocycles. The molecule has 0 aliphatic carbocycles. The van der Waals surface area contributed by atoms with Crippen LogP contribution in [0.15, 0.2) is 30.3 Å². The second kappa shape index (κ2) is 17.9. The molecule has 0 bridgehead atoms. The van der Waals surface area contributed by atoms with E-state index in [0.717, 1.165) is 19.8 Å². The number of nitrogens with one attached hydrogen (secondary N) is 4. The summed E-state index contributed by atoms with van der Waals surface area (Å²) in [5.41, 5.74) is 6.37. The quantitative estimate of drug-likeness (QED) is 0.110. The van der Waals surface area contributed by atoms with Gasteiger partial charge in [0.25, 0.3) is 0 Å². The highest BCUT2D eigenvalue weighted by molar-refractivity contribution is 5.91. The molecule has 0 unspecified atom stereocenters. The van der Waals surface area contributed by atoms with E-state index in [1.54, 1.807) is 30.3 Å². The Morgan fingerprint density at radius 3 is 2.05 bits per heavy atom. The Hall–Kier alpha value is -4.53. The first-order valence-electron chi connectivity index (χ1n) is 12.3. The largest absolute Gasteiger partial charge is 0.480 e. The van der Waals surface area contributed by atoms with Crippen molar-refractivity contribution in [2.75, 3.05) is 27.3 Å². The zero-order valence-corrected chi connectivity index (χ0v) is 22.3. The predicted octanol–water partition coefficient (Wildman–Crippen LogP) is -2.25. The van der Waals surface area contributed by atoms with Crippen LogP contribution in [0.3, 0.4) is 0 Å². The van der Waals surface area contributed by atoms with Crippen LogP contribution < -0.4 is 27.0 Å². The highest BCUT2D eigenvalue weighted by Crippen LogP contribution is 2.05. The molecule has 40 heavy (non-hydrogen) atoms. The lowest BCUT2D eigenvalue weighted by atomic mass is 10.0. The topological polar surface area (TPSA) is 232 Å². The van der Waals surface area contributed by atoms with Crippen molar-refractivity contribution in [3.8, 4) is 0 Å². The van der Waals surface area contributed by atoms with Gasteiger partial charge in [-0.2, -0.15) is 0 Å². The van der Waals surface area contributed by atoms with Gasteiger partial charge >= 0.3 is 17.9 Å². The van der Waals surface area contributed by atoms with Crippen LogP contribution in [0.4, 0.5) is 0 Å². The second-order valence-electron chi connectivity index (χ2n) is 8.54. The number of esters is 2. The molecule has 1 rings (SSSR count). The number of nitrogens with two attached hydrogens (primary N) is 1. The maximum absolute atomic E-state index is 12.9. The molecule has 220 valence electrons. The Kier molecular flexibility index (Phi) is 15.0. The van der Waals surface area contributed by atoms with Crippen LogP contribution in [-0.2, 0) is 49.5 Å². The molecular formula is C25H35N5O10. The molecule has 1 aromatic carbocycles. The first kappa shape index (κ1) is 33.5. The van der Waals surface area contributed by atoms with Crippen LogP contribution in [-0.4, -0.2) is 92.1 Å². The third kappa shape index (κ3) is 13.3. The van der Waals surface area contributed by atoms with Gasteiger partial charge in [-0.3, -0.25) is 28.8 Å². The molecule has 0 heterocycles. The summed E-state index contributed by atoms with van der Waals surface area (Å²) < 4.78 is 9.13. The number of carboxylic acids is 1. The number of benzene rings is 1. The van der Waals surface area contributed by atoms with Crippen LogP contribution in [0.25, 0.3) is 0 Å². The fourth-order valence-electron chi connectivity index (χ4n) is 3.36. The van der Waals surface area contributed by atoms with Gasteiger partial charge in [-0.15, -0.1) is 0 Å². The number of methoxy groups -OCH3 is 2. The monoisotopic (exact) mass is 565 g/mol. The lowest BCUT2D eigenvalue weighted by molar-refractivity contribution is -0.145. The van der Waals surface area contributed by atoms with E-state index in [1.165, 1.54) is 0 Å². The Morgan fingerprint density at radius 2 is 1.45 bits per heavy atom. The summed E-state index contributed by atoms with van der Waals surface area (Å²) in [7, 11) is 2.24. The van der Waals surface area contributed by atoms with E-state index in [0.29, 0.717) is 0 Å². The van der Waals surface area contributed by atoms with Gasteiger partial charge in [0.15, 0.2) is 0 Å². The first-order chi connectivity index (χ1) is 19.0. The number of amides is 4. The van der Waals surface area contributed by atoms with Crippen molar-refractivity contribution >= 4 is 41.5 Å². The van der Waals surface area contributed by atoms with Gasteiger partial charge in [0.1, 0.15) is 24.7 Å². The standard InChI is InChI=1S/C25H35N5O10/c1-39-24(37)16(26)13-21(33)30-18(12-15-6-4-3-5-7-15)23(36)27-11-10-20(32)29-17(25(38)40-2)8-9-19(31)28-14-22(34)35/h3-7,16-18H,8-14,26H2,1-2H3,(H,27,36)(H,28,31)(H,29,32)(H,30,33)(H,34,35)/t16-,17-,18+/m1/s1. The van der Waals surface area contributed by atoms with Gasteiger partial charge < -0.3 is 41.6 Å². The van der Waals surface area contributed by atoms with E-state index in [2.05, 4.69) is 30.7 Å². The molecule has 15 nitrogen and oxygen atoms in total. The molecule has 3 atom stereocenters. The molecule has 0 spiro atoms. The fourth-order valence-corrected chi connectivity index (χ4v) is 3.36. The van der Waals surface area contributed by atoms with Gasteiger partial charge in [0.2, 0.25) is 23.6 Å². The molecule has 0 aliphatic rings. The number of hydrogen-bond acceptors (Lipinski definition) is 10. The number of hydrogen-bond donors (Lipinski definition) is 6. The highest BCUT2D eigenvalue weighted by atomic mass is 16.5. The zero-order chi connectivity index (χ0) is 30.1. The van der Waals surface area contributed by atoms with Crippen molar-refractivity contribution in [1.29, 1.82) is 0 Å². The van der Waals surface area contributed by atoms with Gasteiger partial charge in [-0.1, -0.05) is 30.3 Å². The molecule has 1 aromatic rings. The first-order valence-corrected chi connectivity index (χ1v) is 12.3. The summed E-state index contributed by atoms with van der Waals surface area (Å²) in [6.45, 7) is -0.738. The molecule has 0 saturated heterocycles. The number of carbonyl (C=O) groups is 7. The SMILES string of the molecule is COC(=O)[C@H](N)CC(=O)N[C@@H](Cc1ccccc1)C(=O)NCCC(=O)N[C@H](CCC(=O)NCC(=O)O)C(=O)OC. The van der Waals surface area contributed by atoms with Crippen LogP contribution in [0, 0.1) is 0 Å². The Labute approximate surface area is 230 Å². The van der Waals surface area contributed by atoms with Crippen molar-refractivity contribution in [2.24, 2.45) is 5.73 Å². The zero-order valence-electron chi connectivity index (χ0n) is 22.3. The lowest BCUT2D eigenvalue weighted by Gasteiger charge is -2.20. The number of ether oxygens (including phenoxy) is 2. The minimum absolute atomic E-state index is 0.117. The van der Waals surface area contributed by atoms with E-state index in [-0.39, 0.29) is 32.2 Å². The van der Waals surface area contributed by atoms with Crippen LogP contribution in [0.2, 0.25) is 0 Å². The normalized spacial score (nSPS) is 12.6. The maximum atomic E-state index is 12.9. The van der Waals surface area contributed by atoms with Crippen molar-refractivity contribution in [3.05, 3.63) is 35.9 Å². The van der Waals surface area contributed by atoms with E-state index >= 15 is 0 Å². The van der Waals surface area contributed by atoms with E-state index in [1.807, 2.05) is 0 Å². The number of carbonyl (C=O) groups excluding carboxylic acids is 6. The molecule has 0 aliphatic heterocycles.